The second-order valence-corrected chi connectivity index (χ2v) is 8.19. The number of carbonyl (C=O) groups excluding carboxylic acids is 1. The van der Waals surface area contributed by atoms with E-state index in [9.17, 15) is 19.8 Å². The van der Waals surface area contributed by atoms with Crippen LogP contribution in [-0.4, -0.2) is 45.3 Å². The molecule has 0 saturated carbocycles. The van der Waals surface area contributed by atoms with Crippen molar-refractivity contribution in [3.05, 3.63) is 48.6 Å². The molecule has 0 radical (unpaired) electrons. The summed E-state index contributed by atoms with van der Waals surface area (Å²) in [4.78, 5) is 21.4. The van der Waals surface area contributed by atoms with E-state index >= 15 is 0 Å². The Kier molecular flexibility index (Phi) is 21.6. The fraction of sp³-hybridized carbons (Fsp3) is 0.565. The molecule has 0 fully saturated rings. The van der Waals surface area contributed by atoms with Gasteiger partial charge in [0.25, 0.3) is 0 Å². The predicted octanol–water partition coefficient (Wildman–Crippen LogP) is 3.35. The molecule has 0 aromatic carbocycles. The van der Waals surface area contributed by atoms with Crippen LogP contribution in [0.25, 0.3) is 0 Å². The summed E-state index contributed by atoms with van der Waals surface area (Å²) < 4.78 is 0. The van der Waals surface area contributed by atoms with E-state index in [0.717, 1.165) is 12.8 Å². The van der Waals surface area contributed by atoms with Crippen LogP contribution in [0.5, 0.6) is 0 Å². The summed E-state index contributed by atoms with van der Waals surface area (Å²) in [6.45, 7) is 2.19. The summed E-state index contributed by atoms with van der Waals surface area (Å²) in [5.41, 5.74) is 5.48. The van der Waals surface area contributed by atoms with Crippen molar-refractivity contribution in [3.63, 3.8) is 0 Å². The molecule has 178 valence electrons. The molecular formula is C23H40N2O5S. The van der Waals surface area contributed by atoms with Gasteiger partial charge in [0.05, 0.1) is 18.1 Å². The van der Waals surface area contributed by atoms with Crippen molar-refractivity contribution in [3.8, 4) is 0 Å². The van der Waals surface area contributed by atoms with E-state index in [-0.39, 0.29) is 23.6 Å². The number of aliphatic hydroxyl groups excluding tert-OH is 1. The summed E-state index contributed by atoms with van der Waals surface area (Å²) >= 11 is 1.22. The average molecular weight is 457 g/mol. The van der Waals surface area contributed by atoms with Crippen LogP contribution in [0.2, 0.25) is 0 Å². The lowest BCUT2D eigenvalue weighted by atomic mass is 10.1. The SMILES string of the molecule is CCCCC/C=C\C\C=C/C=C/C=C/[C@@H](SC[C@H](N)C(=O)[O-])[C@@H](O)CCCC(=O)O.[NH4+]. The lowest BCUT2D eigenvalue weighted by Gasteiger charge is -2.21. The van der Waals surface area contributed by atoms with Crippen molar-refractivity contribution < 1.29 is 24.9 Å². The number of unbranched alkanes of at least 4 members (excludes halogenated alkanes) is 3. The first-order chi connectivity index (χ1) is 14.4. The highest BCUT2D eigenvalue weighted by Crippen LogP contribution is 2.21. The minimum atomic E-state index is -1.34. The van der Waals surface area contributed by atoms with Crippen molar-refractivity contribution in [1.29, 1.82) is 0 Å². The molecule has 0 unspecified atom stereocenters. The predicted molar refractivity (Wildman–Crippen MR) is 128 cm³/mol. The molecule has 0 heterocycles. The zero-order valence-electron chi connectivity index (χ0n) is 18.8. The summed E-state index contributed by atoms with van der Waals surface area (Å²) in [5.74, 6) is -2.15. The van der Waals surface area contributed by atoms with Gasteiger partial charge in [0, 0.05) is 17.4 Å². The van der Waals surface area contributed by atoms with Gasteiger partial charge in [-0.05, 0) is 32.1 Å². The fourth-order valence-electron chi connectivity index (χ4n) is 2.47. The van der Waals surface area contributed by atoms with Gasteiger partial charge in [-0.1, -0.05) is 68.4 Å². The highest BCUT2D eigenvalue weighted by atomic mass is 32.2. The second kappa shape index (κ2) is 21.4. The van der Waals surface area contributed by atoms with Gasteiger partial charge in [0.1, 0.15) is 0 Å². The smallest absolute Gasteiger partial charge is 0.303 e. The van der Waals surface area contributed by atoms with Gasteiger partial charge >= 0.3 is 5.97 Å². The molecule has 0 amide bonds. The van der Waals surface area contributed by atoms with Gasteiger partial charge < -0.3 is 32.0 Å². The lowest BCUT2D eigenvalue weighted by Crippen LogP contribution is -2.44. The third-order valence-corrected chi connectivity index (χ3v) is 5.63. The van der Waals surface area contributed by atoms with Crippen LogP contribution in [-0.2, 0) is 9.59 Å². The fourth-order valence-corrected chi connectivity index (χ4v) is 3.59. The lowest BCUT2D eigenvalue weighted by molar-refractivity contribution is -0.306. The minimum absolute atomic E-state index is 0. The second-order valence-electron chi connectivity index (χ2n) is 6.98. The zero-order valence-corrected chi connectivity index (χ0v) is 19.6. The topological polar surface area (TPSA) is 160 Å². The van der Waals surface area contributed by atoms with E-state index in [4.69, 9.17) is 10.8 Å². The molecule has 0 aromatic rings. The van der Waals surface area contributed by atoms with Gasteiger partial charge in [-0.25, -0.2) is 0 Å². The molecule has 0 aliphatic carbocycles. The number of thioether (sulfide) groups is 1. The molecule has 8 N–H and O–H groups in total. The number of carbonyl (C=O) groups is 2. The Morgan fingerprint density at radius 2 is 1.77 bits per heavy atom. The quantitative estimate of drug-likeness (QED) is 0.140. The van der Waals surface area contributed by atoms with Gasteiger partial charge in [-0.2, -0.15) is 0 Å². The van der Waals surface area contributed by atoms with Gasteiger partial charge in [-0.3, -0.25) is 4.79 Å². The molecule has 31 heavy (non-hydrogen) atoms. The number of quaternary nitrogens is 1. The summed E-state index contributed by atoms with van der Waals surface area (Å²) in [7, 11) is 0. The first-order valence-corrected chi connectivity index (χ1v) is 11.6. The number of aliphatic hydroxyl groups is 1. The number of allylic oxidation sites excluding steroid dienone is 7. The Hall–Kier alpha value is -1.87. The number of aliphatic carboxylic acids is 2. The van der Waals surface area contributed by atoms with Crippen LogP contribution in [0.3, 0.4) is 0 Å². The zero-order chi connectivity index (χ0) is 22.6. The van der Waals surface area contributed by atoms with Crippen molar-refractivity contribution >= 4 is 23.7 Å². The molecule has 0 spiro atoms. The van der Waals surface area contributed by atoms with Crippen molar-refractivity contribution in [2.24, 2.45) is 5.73 Å². The molecule has 0 aliphatic heterocycles. The highest BCUT2D eigenvalue weighted by molar-refractivity contribution is 8.00. The monoisotopic (exact) mass is 456 g/mol. The number of nitrogens with two attached hydrogens (primary N) is 1. The van der Waals surface area contributed by atoms with Crippen LogP contribution < -0.4 is 17.0 Å². The van der Waals surface area contributed by atoms with Crippen LogP contribution >= 0.6 is 11.8 Å². The largest absolute Gasteiger partial charge is 0.548 e. The average Bonchev–Trinajstić information content (AvgIpc) is 2.70. The Morgan fingerprint density at radius 3 is 2.42 bits per heavy atom. The molecule has 0 bridgehead atoms. The van der Waals surface area contributed by atoms with Gasteiger partial charge in [0.2, 0.25) is 0 Å². The highest BCUT2D eigenvalue weighted by Gasteiger charge is 2.18. The van der Waals surface area contributed by atoms with Gasteiger partial charge in [-0.15, -0.1) is 11.8 Å². The van der Waals surface area contributed by atoms with E-state index in [1.807, 2.05) is 24.3 Å². The van der Waals surface area contributed by atoms with Crippen LogP contribution in [0.15, 0.2) is 48.6 Å². The molecule has 0 aliphatic rings. The van der Waals surface area contributed by atoms with Gasteiger partial charge in [0.15, 0.2) is 0 Å². The summed E-state index contributed by atoms with van der Waals surface area (Å²) in [5, 5.41) is 29.5. The van der Waals surface area contributed by atoms with Crippen LogP contribution in [0, 0.1) is 0 Å². The maximum absolute atomic E-state index is 10.8. The third-order valence-electron chi connectivity index (χ3n) is 4.22. The number of carboxylic acid groups (broad SMARTS) is 2. The Labute approximate surface area is 190 Å². The molecule has 3 atom stereocenters. The van der Waals surface area contributed by atoms with E-state index in [0.29, 0.717) is 12.8 Å². The van der Waals surface area contributed by atoms with Crippen LogP contribution in [0.1, 0.15) is 58.3 Å². The summed E-state index contributed by atoms with van der Waals surface area (Å²) in [6.07, 6.45) is 21.2. The van der Waals surface area contributed by atoms with E-state index < -0.39 is 24.1 Å². The third kappa shape index (κ3) is 19.8. The first kappa shape index (κ1) is 31.3. The molecule has 0 aromatic heterocycles. The normalized spacial score (nSPS) is 14.9. The van der Waals surface area contributed by atoms with Crippen molar-refractivity contribution in [1.82, 2.24) is 6.15 Å². The molecule has 0 rings (SSSR count). The molecule has 7 nitrogen and oxygen atoms in total. The molecule has 8 heteroatoms. The Balaban J connectivity index is 0. The van der Waals surface area contributed by atoms with E-state index in [1.165, 1.54) is 31.0 Å². The minimum Gasteiger partial charge on any atom is -0.548 e. The number of carboxylic acids is 2. The van der Waals surface area contributed by atoms with E-state index in [1.54, 1.807) is 12.2 Å². The van der Waals surface area contributed by atoms with E-state index in [2.05, 4.69) is 19.1 Å². The molecule has 0 saturated heterocycles. The standard InChI is InChI=1S/C23H37NO5S.H3N/c1-2-3-4-5-6-7-8-9-10-11-12-13-16-21(30-18-19(24)23(28)29)20(25)15-14-17-22(26)27;/h6-7,9-13,16,19-21,25H,2-5,8,14-15,17-18,24H2,1H3,(H,26,27)(H,28,29);1H3/b7-6-,10-9-,12-11+,16-13+;/t19-,20-,21+;/m0./s1. The Morgan fingerprint density at radius 1 is 1.06 bits per heavy atom. The maximum Gasteiger partial charge on any atom is 0.303 e. The maximum atomic E-state index is 10.8. The summed E-state index contributed by atoms with van der Waals surface area (Å²) in [6, 6.07) is -1.12. The Bertz CT molecular complexity index is 591. The first-order valence-electron chi connectivity index (χ1n) is 10.5. The van der Waals surface area contributed by atoms with Crippen molar-refractivity contribution in [2.45, 2.75) is 75.7 Å². The van der Waals surface area contributed by atoms with Crippen molar-refractivity contribution in [2.75, 3.05) is 5.75 Å². The number of hydrogen-bond acceptors (Lipinski definition) is 6. The number of rotatable bonds is 18. The van der Waals surface area contributed by atoms with Crippen LogP contribution in [0.4, 0.5) is 0 Å². The number of hydrogen-bond donors (Lipinski definition) is 4. The molecular weight excluding hydrogens is 416 g/mol.